The summed E-state index contributed by atoms with van der Waals surface area (Å²) in [7, 11) is 0. The molecule has 0 bridgehead atoms. The lowest BCUT2D eigenvalue weighted by atomic mass is 10.1. The van der Waals surface area contributed by atoms with Crippen LogP contribution in [0, 0.1) is 5.92 Å². The van der Waals surface area contributed by atoms with E-state index in [1.54, 1.807) is 0 Å². The van der Waals surface area contributed by atoms with Crippen molar-refractivity contribution in [2.75, 3.05) is 25.5 Å². The molecular weight excluding hydrogens is 220 g/mol. The number of amidine groups is 1. The predicted molar refractivity (Wildman–Crippen MR) is 72.2 cm³/mol. The summed E-state index contributed by atoms with van der Waals surface area (Å²) in [5.41, 5.74) is 0. The van der Waals surface area contributed by atoms with Gasteiger partial charge in [0, 0.05) is 18.4 Å². The van der Waals surface area contributed by atoms with Gasteiger partial charge in [0.05, 0.1) is 13.2 Å². The molecule has 2 atom stereocenters. The highest BCUT2D eigenvalue weighted by molar-refractivity contribution is 8.13. The van der Waals surface area contributed by atoms with E-state index in [2.05, 4.69) is 31.1 Å². The summed E-state index contributed by atoms with van der Waals surface area (Å²) in [6.45, 7) is 9.06. The Kier molecular flexibility index (Phi) is 6.88. The standard InChI is InChI=1S/C12H24N2OS/c1-4-5-7-15-8-6-13-12-14-11(3)10(2)9-16-12/h10-11H,4-9H2,1-3H3,(H,13,14). The van der Waals surface area contributed by atoms with Crippen molar-refractivity contribution in [3.63, 3.8) is 0 Å². The molecule has 1 N–H and O–H groups in total. The molecule has 0 radical (unpaired) electrons. The second-order valence-electron chi connectivity index (χ2n) is 4.37. The van der Waals surface area contributed by atoms with Gasteiger partial charge in [0.2, 0.25) is 0 Å². The number of nitrogens with one attached hydrogen (secondary N) is 1. The first-order valence-corrected chi connectivity index (χ1v) is 7.24. The van der Waals surface area contributed by atoms with Crippen molar-refractivity contribution in [3.05, 3.63) is 0 Å². The van der Waals surface area contributed by atoms with E-state index in [1.807, 2.05) is 11.8 Å². The summed E-state index contributed by atoms with van der Waals surface area (Å²) in [6, 6.07) is 0.543. The van der Waals surface area contributed by atoms with Crippen molar-refractivity contribution in [3.8, 4) is 0 Å². The molecule has 16 heavy (non-hydrogen) atoms. The van der Waals surface area contributed by atoms with Crippen molar-refractivity contribution < 1.29 is 4.74 Å². The molecule has 1 fully saturated rings. The molecule has 0 amide bonds. The van der Waals surface area contributed by atoms with Gasteiger partial charge in [-0.3, -0.25) is 4.99 Å². The van der Waals surface area contributed by atoms with Gasteiger partial charge in [0.15, 0.2) is 5.17 Å². The number of hydrogen-bond acceptors (Lipinski definition) is 3. The Morgan fingerprint density at radius 3 is 2.94 bits per heavy atom. The van der Waals surface area contributed by atoms with Gasteiger partial charge in [-0.25, -0.2) is 0 Å². The van der Waals surface area contributed by atoms with Crippen LogP contribution in [0.4, 0.5) is 0 Å². The van der Waals surface area contributed by atoms with E-state index in [0.29, 0.717) is 6.04 Å². The van der Waals surface area contributed by atoms with Crippen molar-refractivity contribution in [2.24, 2.45) is 10.9 Å². The molecule has 4 heteroatoms. The van der Waals surface area contributed by atoms with Crippen LogP contribution in [0.25, 0.3) is 0 Å². The van der Waals surface area contributed by atoms with Crippen LogP contribution in [0.15, 0.2) is 4.99 Å². The van der Waals surface area contributed by atoms with Crippen LogP contribution < -0.4 is 5.32 Å². The zero-order chi connectivity index (χ0) is 11.8. The Balaban J connectivity index is 2.10. The fourth-order valence-electron chi connectivity index (χ4n) is 1.38. The number of nitrogens with zero attached hydrogens (tertiary/aromatic N) is 1. The Morgan fingerprint density at radius 2 is 2.25 bits per heavy atom. The summed E-state index contributed by atoms with van der Waals surface area (Å²) >= 11 is 1.83. The minimum absolute atomic E-state index is 0.543. The summed E-state index contributed by atoms with van der Waals surface area (Å²) in [4.78, 5) is 4.51. The topological polar surface area (TPSA) is 33.6 Å². The van der Waals surface area contributed by atoms with Gasteiger partial charge in [-0.15, -0.1) is 0 Å². The molecule has 1 aliphatic rings. The second-order valence-corrected chi connectivity index (χ2v) is 5.38. The Morgan fingerprint density at radius 1 is 1.44 bits per heavy atom. The molecule has 3 nitrogen and oxygen atoms in total. The van der Waals surface area contributed by atoms with Gasteiger partial charge in [-0.1, -0.05) is 32.0 Å². The van der Waals surface area contributed by atoms with E-state index < -0.39 is 0 Å². The molecule has 1 saturated heterocycles. The van der Waals surface area contributed by atoms with Crippen LogP contribution in [-0.2, 0) is 4.74 Å². The first kappa shape index (κ1) is 13.8. The van der Waals surface area contributed by atoms with E-state index in [4.69, 9.17) is 4.74 Å². The van der Waals surface area contributed by atoms with Gasteiger partial charge >= 0.3 is 0 Å². The number of ether oxygens (including phenoxy) is 1. The Hall–Kier alpha value is -0.220. The van der Waals surface area contributed by atoms with Crippen LogP contribution in [-0.4, -0.2) is 36.7 Å². The number of hydrogen-bond donors (Lipinski definition) is 1. The lowest BCUT2D eigenvalue weighted by molar-refractivity contribution is 0.139. The maximum Gasteiger partial charge on any atom is 0.156 e. The number of thioether (sulfide) groups is 1. The van der Waals surface area contributed by atoms with Gasteiger partial charge in [-0.2, -0.15) is 0 Å². The van der Waals surface area contributed by atoms with Gasteiger partial charge in [0.25, 0.3) is 0 Å². The fourth-order valence-corrected chi connectivity index (χ4v) is 2.55. The largest absolute Gasteiger partial charge is 0.380 e. The van der Waals surface area contributed by atoms with E-state index in [9.17, 15) is 0 Å². The lowest BCUT2D eigenvalue weighted by Crippen LogP contribution is -2.41. The van der Waals surface area contributed by atoms with Crippen molar-refractivity contribution in [2.45, 2.75) is 39.7 Å². The summed E-state index contributed by atoms with van der Waals surface area (Å²) in [5.74, 6) is 1.90. The minimum Gasteiger partial charge on any atom is -0.380 e. The maximum absolute atomic E-state index is 5.47. The monoisotopic (exact) mass is 244 g/mol. The van der Waals surface area contributed by atoms with E-state index in [0.717, 1.165) is 37.3 Å². The summed E-state index contributed by atoms with van der Waals surface area (Å²) in [5, 5.41) is 4.51. The average molecular weight is 244 g/mol. The highest BCUT2D eigenvalue weighted by Gasteiger charge is 2.20. The van der Waals surface area contributed by atoms with E-state index in [-0.39, 0.29) is 0 Å². The molecule has 0 aromatic heterocycles. The third kappa shape index (κ3) is 5.21. The zero-order valence-corrected chi connectivity index (χ0v) is 11.5. The molecule has 1 aliphatic heterocycles. The normalized spacial score (nSPS) is 28.1. The first-order valence-electron chi connectivity index (χ1n) is 6.25. The molecule has 0 aromatic rings. The van der Waals surface area contributed by atoms with E-state index >= 15 is 0 Å². The zero-order valence-electron chi connectivity index (χ0n) is 10.7. The molecular formula is C12H24N2OS. The van der Waals surface area contributed by atoms with Crippen molar-refractivity contribution in [1.29, 1.82) is 0 Å². The Labute approximate surface area is 103 Å². The van der Waals surface area contributed by atoms with E-state index in [1.165, 1.54) is 12.2 Å². The first-order chi connectivity index (χ1) is 7.74. The summed E-state index contributed by atoms with van der Waals surface area (Å²) in [6.07, 6.45) is 2.35. The van der Waals surface area contributed by atoms with Crippen LogP contribution in [0.3, 0.4) is 0 Å². The van der Waals surface area contributed by atoms with Crippen LogP contribution >= 0.6 is 11.8 Å². The molecule has 0 aliphatic carbocycles. The number of rotatable bonds is 6. The molecule has 2 unspecified atom stereocenters. The molecule has 0 spiro atoms. The van der Waals surface area contributed by atoms with Crippen LogP contribution in [0.2, 0.25) is 0 Å². The fraction of sp³-hybridized carbons (Fsp3) is 0.917. The van der Waals surface area contributed by atoms with Gasteiger partial charge < -0.3 is 10.1 Å². The van der Waals surface area contributed by atoms with Crippen LogP contribution in [0.5, 0.6) is 0 Å². The molecule has 1 rings (SSSR count). The molecule has 0 saturated carbocycles. The summed E-state index contributed by atoms with van der Waals surface area (Å²) < 4.78 is 5.47. The van der Waals surface area contributed by atoms with Crippen molar-refractivity contribution >= 4 is 16.9 Å². The smallest absolute Gasteiger partial charge is 0.156 e. The quantitative estimate of drug-likeness (QED) is 0.729. The highest BCUT2D eigenvalue weighted by atomic mass is 32.2. The maximum atomic E-state index is 5.47. The van der Waals surface area contributed by atoms with Crippen molar-refractivity contribution in [1.82, 2.24) is 5.32 Å². The van der Waals surface area contributed by atoms with Gasteiger partial charge in [-0.05, 0) is 19.3 Å². The number of unbranched alkanes of at least 4 members (excludes halogenated alkanes) is 1. The van der Waals surface area contributed by atoms with Crippen LogP contribution in [0.1, 0.15) is 33.6 Å². The third-order valence-corrected chi connectivity index (χ3v) is 4.03. The number of aliphatic imine (C=N–C) groups is 1. The average Bonchev–Trinajstić information content (AvgIpc) is 2.28. The highest BCUT2D eigenvalue weighted by Crippen LogP contribution is 2.18. The lowest BCUT2D eigenvalue weighted by Gasteiger charge is -2.28. The minimum atomic E-state index is 0.543. The molecule has 1 heterocycles. The molecule has 94 valence electrons. The third-order valence-electron chi connectivity index (χ3n) is 2.82. The predicted octanol–water partition coefficient (Wildman–Crippen LogP) is 2.52. The van der Waals surface area contributed by atoms with Gasteiger partial charge in [0.1, 0.15) is 0 Å². The second kappa shape index (κ2) is 7.96. The SMILES string of the molecule is CCCCOCCN=C1NC(C)C(C)CS1. The Bertz CT molecular complexity index is 221. The molecule has 0 aromatic carbocycles.